The van der Waals surface area contributed by atoms with E-state index >= 15 is 0 Å². The molecule has 2 atom stereocenters. The first-order valence-electron chi connectivity index (χ1n) is 10.4. The molecule has 0 aliphatic heterocycles. The Balaban J connectivity index is 1.95. The van der Waals surface area contributed by atoms with Crippen LogP contribution in [-0.4, -0.2) is 30.5 Å². The van der Waals surface area contributed by atoms with Crippen LogP contribution in [-0.2, 0) is 6.18 Å². The number of hydrogen-bond donors (Lipinski definition) is 2. The molecule has 2 N–H and O–H groups in total. The van der Waals surface area contributed by atoms with E-state index in [0.717, 1.165) is 12.1 Å². The van der Waals surface area contributed by atoms with Gasteiger partial charge in [0.05, 0.1) is 11.6 Å². The van der Waals surface area contributed by atoms with Crippen molar-refractivity contribution >= 4 is 0 Å². The third kappa shape index (κ3) is 7.76. The van der Waals surface area contributed by atoms with Gasteiger partial charge in [-0.3, -0.25) is 0 Å². The van der Waals surface area contributed by atoms with Gasteiger partial charge >= 0.3 is 19.0 Å². The van der Waals surface area contributed by atoms with Crippen LogP contribution in [0.4, 0.5) is 39.5 Å². The second-order valence-corrected chi connectivity index (χ2v) is 7.66. The van der Waals surface area contributed by atoms with Gasteiger partial charge in [0.2, 0.25) is 0 Å². The number of alkyl halides is 8. The molecule has 0 aromatic heterocycles. The Morgan fingerprint density at radius 1 is 0.811 bits per heavy atom. The van der Waals surface area contributed by atoms with Crippen LogP contribution in [0.3, 0.4) is 0 Å². The lowest BCUT2D eigenvalue weighted by Gasteiger charge is -2.24. The highest BCUT2D eigenvalue weighted by Gasteiger charge is 2.38. The van der Waals surface area contributed by atoms with Crippen LogP contribution in [0.2, 0.25) is 0 Å². The van der Waals surface area contributed by atoms with Gasteiger partial charge in [-0.15, -0.1) is 0 Å². The molecule has 0 saturated heterocycles. The van der Waals surface area contributed by atoms with Crippen LogP contribution in [0, 0.1) is 5.82 Å². The molecule has 13 heteroatoms. The van der Waals surface area contributed by atoms with Crippen molar-refractivity contribution in [2.75, 3.05) is 6.54 Å². The Morgan fingerprint density at radius 2 is 1.43 bits per heavy atom. The van der Waals surface area contributed by atoms with Crippen LogP contribution in [0.5, 0.6) is 17.2 Å². The molecule has 4 nitrogen and oxygen atoms in total. The first kappa shape index (κ1) is 28.1. The number of ether oxygens (including phenoxy) is 2. The first-order chi connectivity index (χ1) is 17.2. The Kier molecular flexibility index (Phi) is 8.59. The molecule has 0 aliphatic rings. The quantitative estimate of drug-likeness (QED) is 0.293. The smallest absolute Gasteiger partial charge is 0.416 e. The number of halogens is 9. The van der Waals surface area contributed by atoms with Crippen LogP contribution in [0.25, 0.3) is 0 Å². The van der Waals surface area contributed by atoms with Gasteiger partial charge < -0.3 is 19.9 Å². The number of hydrogen-bond acceptors (Lipinski definition) is 4. The minimum atomic E-state index is -5.01. The molecular formula is C24H18F9NO3. The fourth-order valence-corrected chi connectivity index (χ4v) is 3.30. The topological polar surface area (TPSA) is 50.7 Å². The lowest BCUT2D eigenvalue weighted by Crippen LogP contribution is -2.40. The van der Waals surface area contributed by atoms with Crippen LogP contribution < -0.4 is 14.8 Å². The van der Waals surface area contributed by atoms with Crippen molar-refractivity contribution < 1.29 is 54.1 Å². The number of nitrogens with one attached hydrogen (secondary N) is 1. The van der Waals surface area contributed by atoms with Crippen molar-refractivity contribution in [1.82, 2.24) is 5.32 Å². The molecular weight excluding hydrogens is 521 g/mol. The van der Waals surface area contributed by atoms with Crippen LogP contribution in [0.15, 0.2) is 66.7 Å². The molecule has 0 heterocycles. The fourth-order valence-electron chi connectivity index (χ4n) is 3.30. The van der Waals surface area contributed by atoms with Crippen molar-refractivity contribution in [2.45, 2.75) is 31.1 Å². The monoisotopic (exact) mass is 539 g/mol. The average Bonchev–Trinajstić information content (AvgIpc) is 2.78. The maximum absolute atomic E-state index is 14.7. The molecule has 0 bridgehead atoms. The summed E-state index contributed by atoms with van der Waals surface area (Å²) >= 11 is 0. The van der Waals surface area contributed by atoms with Crippen molar-refractivity contribution in [3.8, 4) is 17.2 Å². The summed E-state index contributed by atoms with van der Waals surface area (Å²) in [5, 5.41) is 11.7. The lowest BCUT2D eigenvalue weighted by atomic mass is 9.96. The molecule has 0 aliphatic carbocycles. The van der Waals surface area contributed by atoms with E-state index in [0.29, 0.717) is 6.07 Å². The van der Waals surface area contributed by atoms with Crippen molar-refractivity contribution in [3.05, 3.63) is 89.2 Å². The minimum Gasteiger partial charge on any atom is -0.457 e. The van der Waals surface area contributed by atoms with Crippen molar-refractivity contribution in [3.63, 3.8) is 0 Å². The summed E-state index contributed by atoms with van der Waals surface area (Å²) in [7, 11) is 0. The molecule has 0 fully saturated rings. The third-order valence-electron chi connectivity index (χ3n) is 4.99. The van der Waals surface area contributed by atoms with Crippen molar-refractivity contribution in [1.29, 1.82) is 0 Å². The zero-order valence-corrected chi connectivity index (χ0v) is 18.5. The van der Waals surface area contributed by atoms with Crippen LogP contribution >= 0.6 is 0 Å². The Morgan fingerprint density at radius 3 is 2.03 bits per heavy atom. The summed E-state index contributed by atoms with van der Waals surface area (Å²) in [5.74, 6) is -1.47. The van der Waals surface area contributed by atoms with Gasteiger partial charge in [0.15, 0.2) is 6.10 Å². The second-order valence-electron chi connectivity index (χ2n) is 7.66. The number of rotatable bonds is 9. The van der Waals surface area contributed by atoms with E-state index in [4.69, 9.17) is 4.74 Å². The minimum absolute atomic E-state index is 0.0437. The highest BCUT2D eigenvalue weighted by atomic mass is 19.4. The fraction of sp³-hybridized carbons (Fsp3) is 0.250. The summed E-state index contributed by atoms with van der Waals surface area (Å²) < 4.78 is 127. The molecule has 0 spiro atoms. The van der Waals surface area contributed by atoms with E-state index in [1.807, 2.05) is 0 Å². The van der Waals surface area contributed by atoms with Crippen molar-refractivity contribution in [2.24, 2.45) is 0 Å². The van der Waals surface area contributed by atoms with E-state index in [1.54, 1.807) is 0 Å². The Bertz CT molecular complexity index is 1200. The third-order valence-corrected chi connectivity index (χ3v) is 4.99. The van der Waals surface area contributed by atoms with E-state index < -0.39 is 54.6 Å². The zero-order chi connectivity index (χ0) is 27.4. The Hall–Kier alpha value is -3.45. The highest BCUT2D eigenvalue weighted by Crippen LogP contribution is 2.34. The van der Waals surface area contributed by atoms with Gasteiger partial charge in [-0.1, -0.05) is 24.3 Å². The largest absolute Gasteiger partial charge is 0.457 e. The van der Waals surface area contributed by atoms with Gasteiger partial charge in [0, 0.05) is 18.2 Å². The van der Waals surface area contributed by atoms with E-state index in [2.05, 4.69) is 10.1 Å². The molecule has 0 radical (unpaired) electrons. The highest BCUT2D eigenvalue weighted by molar-refractivity contribution is 5.41. The van der Waals surface area contributed by atoms with E-state index in [9.17, 15) is 44.6 Å². The van der Waals surface area contributed by atoms with Gasteiger partial charge in [0.1, 0.15) is 23.1 Å². The van der Waals surface area contributed by atoms with Gasteiger partial charge in [-0.25, -0.2) is 4.39 Å². The molecule has 3 aromatic carbocycles. The predicted molar refractivity (Wildman–Crippen MR) is 113 cm³/mol. The number of aliphatic hydroxyl groups excluding tert-OH is 1. The standard InChI is InChI=1S/C24H18F9NO3/c25-19-10-14(23(28,29)30)7-8-18(19)21(34-12-20(35)24(31,32)33)13-3-1-4-15(9-13)36-16-5-2-6-17(11-16)37-22(26)27/h1-11,20-22,34-35H,12H2. The normalized spacial score (nSPS) is 13.9. The predicted octanol–water partition coefficient (Wildman–Crippen LogP) is 6.84. The molecule has 200 valence electrons. The molecule has 37 heavy (non-hydrogen) atoms. The second kappa shape index (κ2) is 11.3. The van der Waals surface area contributed by atoms with E-state index in [1.165, 1.54) is 42.5 Å². The van der Waals surface area contributed by atoms with Gasteiger partial charge in [-0.05, 0) is 42.0 Å². The maximum Gasteiger partial charge on any atom is 0.416 e. The summed E-state index contributed by atoms with van der Waals surface area (Å²) in [4.78, 5) is 0. The van der Waals surface area contributed by atoms with Gasteiger partial charge in [0.25, 0.3) is 0 Å². The summed E-state index contributed by atoms with van der Waals surface area (Å²) in [5.41, 5.74) is -1.65. The average molecular weight is 539 g/mol. The molecule has 0 amide bonds. The number of aliphatic hydroxyl groups is 1. The molecule has 3 aromatic rings. The zero-order valence-electron chi connectivity index (χ0n) is 18.5. The summed E-state index contributed by atoms with van der Waals surface area (Å²) in [6.45, 7) is -4.19. The lowest BCUT2D eigenvalue weighted by molar-refractivity contribution is -0.202. The molecule has 2 unspecified atom stereocenters. The van der Waals surface area contributed by atoms with E-state index in [-0.39, 0.29) is 28.9 Å². The molecule has 3 rings (SSSR count). The van der Waals surface area contributed by atoms with Gasteiger partial charge in [-0.2, -0.15) is 35.1 Å². The maximum atomic E-state index is 14.7. The SMILES string of the molecule is OC(CNC(c1cccc(Oc2cccc(OC(F)F)c2)c1)c1ccc(C(F)(F)F)cc1F)C(F)(F)F. The first-order valence-corrected chi connectivity index (χ1v) is 10.4. The van der Waals surface area contributed by atoms with Crippen LogP contribution in [0.1, 0.15) is 22.7 Å². The summed E-state index contributed by atoms with van der Waals surface area (Å²) in [6, 6.07) is 10.6. The number of benzene rings is 3. The summed E-state index contributed by atoms with van der Waals surface area (Å²) in [6.07, 6.45) is -12.7. The molecule has 0 saturated carbocycles. The Labute approximate surface area is 204 Å².